The van der Waals surface area contributed by atoms with Gasteiger partial charge in [-0.15, -0.1) is 0 Å². The van der Waals surface area contributed by atoms with Crippen molar-refractivity contribution < 1.29 is 28.9 Å². The Hall–Kier alpha value is -2.58. The van der Waals surface area contributed by atoms with Gasteiger partial charge < -0.3 is 24.2 Å². The lowest BCUT2D eigenvalue weighted by atomic mass is 10.1. The van der Waals surface area contributed by atoms with Gasteiger partial charge in [0, 0.05) is 24.0 Å². The molecule has 1 amide bonds. The largest absolute Gasteiger partial charge is 0.492 e. The molecular formula is C26H34BrNO6. The minimum Gasteiger partial charge on any atom is -0.492 e. The molecule has 34 heavy (non-hydrogen) atoms. The van der Waals surface area contributed by atoms with E-state index in [-0.39, 0.29) is 6.42 Å². The van der Waals surface area contributed by atoms with E-state index in [1.165, 1.54) is 0 Å². The van der Waals surface area contributed by atoms with Crippen molar-refractivity contribution >= 4 is 28.0 Å². The van der Waals surface area contributed by atoms with Gasteiger partial charge in [-0.05, 0) is 55.3 Å². The summed E-state index contributed by atoms with van der Waals surface area (Å²) in [6.45, 7) is 5.59. The van der Waals surface area contributed by atoms with Crippen LogP contribution in [0, 0.1) is 0 Å². The molecule has 0 spiro atoms. The van der Waals surface area contributed by atoms with Crippen LogP contribution >= 0.6 is 15.9 Å². The minimum atomic E-state index is -0.976. The monoisotopic (exact) mass is 535 g/mol. The predicted octanol–water partition coefficient (Wildman–Crippen LogP) is 5.94. The van der Waals surface area contributed by atoms with Gasteiger partial charge in [0.15, 0.2) is 6.10 Å². The molecule has 0 heterocycles. The van der Waals surface area contributed by atoms with E-state index in [4.69, 9.17) is 14.2 Å². The summed E-state index contributed by atoms with van der Waals surface area (Å²) in [7, 11) is 0. The number of hydrogen-bond acceptors (Lipinski definition) is 5. The molecule has 1 unspecified atom stereocenters. The van der Waals surface area contributed by atoms with Gasteiger partial charge in [0.05, 0.1) is 6.54 Å². The van der Waals surface area contributed by atoms with Gasteiger partial charge >= 0.3 is 12.1 Å². The highest BCUT2D eigenvalue weighted by atomic mass is 79.9. The highest BCUT2D eigenvalue weighted by molar-refractivity contribution is 9.10. The van der Waals surface area contributed by atoms with E-state index in [0.717, 1.165) is 35.7 Å². The van der Waals surface area contributed by atoms with Crippen LogP contribution in [0.1, 0.15) is 45.1 Å². The molecule has 0 aromatic heterocycles. The number of ether oxygens (including phenoxy) is 3. The smallest absolute Gasteiger partial charge is 0.415 e. The van der Waals surface area contributed by atoms with Crippen molar-refractivity contribution in [3.63, 3.8) is 0 Å². The van der Waals surface area contributed by atoms with Crippen LogP contribution in [-0.4, -0.2) is 54.5 Å². The number of benzene rings is 2. The Labute approximate surface area is 210 Å². The van der Waals surface area contributed by atoms with E-state index < -0.39 is 18.2 Å². The number of rotatable bonds is 15. The third kappa shape index (κ3) is 10.1. The second-order valence-electron chi connectivity index (χ2n) is 7.85. The molecule has 0 saturated heterocycles. The number of nitrogens with zero attached hydrogens (tertiary/aromatic N) is 1. The first-order valence-corrected chi connectivity index (χ1v) is 12.5. The number of carboxylic acid groups (broad SMARTS) is 1. The third-order valence-corrected chi connectivity index (χ3v) is 5.70. The number of aliphatic carboxylic acids is 1. The average Bonchev–Trinajstić information content (AvgIpc) is 2.82. The number of carbonyl (C=O) groups excluding carboxylic acids is 1. The molecule has 2 aromatic rings. The van der Waals surface area contributed by atoms with Gasteiger partial charge in [-0.2, -0.15) is 0 Å². The van der Waals surface area contributed by atoms with Crippen molar-refractivity contribution in [3.8, 4) is 11.5 Å². The Kier molecular flexibility index (Phi) is 12.5. The van der Waals surface area contributed by atoms with Crippen LogP contribution in [0.2, 0.25) is 0 Å². The van der Waals surface area contributed by atoms with Gasteiger partial charge in [-0.3, -0.25) is 0 Å². The SMILES string of the molecule is CCCCCCN(CCOc1ccc(CC(OCC)C(=O)O)cc1)C(=O)Oc1ccc(Br)cc1. The quantitative estimate of drug-likeness (QED) is 0.284. The summed E-state index contributed by atoms with van der Waals surface area (Å²) in [5.74, 6) is 0.172. The highest BCUT2D eigenvalue weighted by Crippen LogP contribution is 2.18. The lowest BCUT2D eigenvalue weighted by Crippen LogP contribution is -2.37. The molecule has 0 aliphatic rings. The first-order valence-electron chi connectivity index (χ1n) is 11.7. The van der Waals surface area contributed by atoms with E-state index in [9.17, 15) is 14.7 Å². The van der Waals surface area contributed by atoms with Crippen molar-refractivity contribution in [2.45, 2.75) is 52.1 Å². The van der Waals surface area contributed by atoms with Gasteiger partial charge in [0.25, 0.3) is 0 Å². The molecule has 1 N–H and O–H groups in total. The predicted molar refractivity (Wildman–Crippen MR) is 135 cm³/mol. The Bertz CT molecular complexity index is 872. The van der Waals surface area contributed by atoms with Crippen molar-refractivity contribution in [2.75, 3.05) is 26.3 Å². The Morgan fingerprint density at radius 2 is 1.62 bits per heavy atom. The molecule has 0 saturated carbocycles. The molecule has 7 nitrogen and oxygen atoms in total. The number of amides is 1. The summed E-state index contributed by atoms with van der Waals surface area (Å²) in [4.78, 5) is 25.7. The van der Waals surface area contributed by atoms with Crippen LogP contribution in [0.4, 0.5) is 4.79 Å². The van der Waals surface area contributed by atoms with Crippen molar-refractivity contribution in [2.24, 2.45) is 0 Å². The van der Waals surface area contributed by atoms with Crippen molar-refractivity contribution in [1.29, 1.82) is 0 Å². The molecule has 8 heteroatoms. The number of carbonyl (C=O) groups is 2. The molecule has 1 atom stereocenters. The fraction of sp³-hybridized carbons (Fsp3) is 0.462. The molecule has 2 rings (SSSR count). The lowest BCUT2D eigenvalue weighted by molar-refractivity contribution is -0.149. The minimum absolute atomic E-state index is 0.289. The number of hydrogen-bond donors (Lipinski definition) is 1. The summed E-state index contributed by atoms with van der Waals surface area (Å²) < 4.78 is 17.5. The molecule has 186 valence electrons. The van der Waals surface area contributed by atoms with Crippen LogP contribution in [0.15, 0.2) is 53.0 Å². The van der Waals surface area contributed by atoms with Gasteiger partial charge in [-0.25, -0.2) is 9.59 Å². The summed E-state index contributed by atoms with van der Waals surface area (Å²) in [5.41, 5.74) is 0.851. The maximum Gasteiger partial charge on any atom is 0.415 e. The van der Waals surface area contributed by atoms with Crippen LogP contribution in [0.5, 0.6) is 11.5 Å². The molecule has 0 bridgehead atoms. The van der Waals surface area contributed by atoms with E-state index in [1.807, 2.05) is 24.3 Å². The molecule has 0 aliphatic carbocycles. The lowest BCUT2D eigenvalue weighted by Gasteiger charge is -2.22. The first kappa shape index (κ1) is 27.7. The van der Waals surface area contributed by atoms with Gasteiger partial charge in [-0.1, -0.05) is 54.2 Å². The highest BCUT2D eigenvalue weighted by Gasteiger charge is 2.18. The number of unbranched alkanes of at least 4 members (excludes halogenated alkanes) is 3. The standard InChI is InChI=1S/C26H34BrNO6/c1-3-5-6-7-16-28(26(31)34-23-14-10-21(27)11-15-23)17-18-33-22-12-8-20(9-13-22)19-24(25(29)30)32-4-2/h8-15,24H,3-7,16-19H2,1-2H3,(H,29,30). The third-order valence-electron chi connectivity index (χ3n) is 5.18. The number of halogens is 1. The van der Waals surface area contributed by atoms with Gasteiger partial charge in [0.1, 0.15) is 18.1 Å². The summed E-state index contributed by atoms with van der Waals surface area (Å²) in [6, 6.07) is 14.4. The van der Waals surface area contributed by atoms with Crippen molar-refractivity contribution in [1.82, 2.24) is 4.90 Å². The molecule has 0 fully saturated rings. The Balaban J connectivity index is 1.89. The molecule has 0 radical (unpaired) electrons. The maximum absolute atomic E-state index is 12.7. The van der Waals surface area contributed by atoms with Crippen LogP contribution < -0.4 is 9.47 Å². The van der Waals surface area contributed by atoms with E-state index in [2.05, 4.69) is 22.9 Å². The topological polar surface area (TPSA) is 85.3 Å². The zero-order valence-electron chi connectivity index (χ0n) is 19.9. The maximum atomic E-state index is 12.7. The second kappa shape index (κ2) is 15.3. The fourth-order valence-corrected chi connectivity index (χ4v) is 3.58. The summed E-state index contributed by atoms with van der Waals surface area (Å²) >= 11 is 3.38. The summed E-state index contributed by atoms with van der Waals surface area (Å²) in [5, 5.41) is 9.24. The van der Waals surface area contributed by atoms with Crippen LogP contribution in [0.25, 0.3) is 0 Å². The van der Waals surface area contributed by atoms with Crippen LogP contribution in [0.3, 0.4) is 0 Å². The van der Waals surface area contributed by atoms with E-state index in [1.54, 1.807) is 36.1 Å². The van der Waals surface area contributed by atoms with E-state index in [0.29, 0.717) is 37.8 Å². The fourth-order valence-electron chi connectivity index (χ4n) is 3.32. The molecule has 0 aliphatic heterocycles. The van der Waals surface area contributed by atoms with Gasteiger partial charge in [0.2, 0.25) is 0 Å². The first-order chi connectivity index (χ1) is 16.4. The normalized spacial score (nSPS) is 11.6. The Morgan fingerprint density at radius 3 is 2.24 bits per heavy atom. The Morgan fingerprint density at radius 1 is 0.941 bits per heavy atom. The summed E-state index contributed by atoms with van der Waals surface area (Å²) in [6.07, 6.45) is 3.24. The number of carboxylic acids is 1. The molecule has 2 aromatic carbocycles. The second-order valence-corrected chi connectivity index (χ2v) is 8.76. The average molecular weight is 536 g/mol. The zero-order chi connectivity index (χ0) is 24.8. The zero-order valence-corrected chi connectivity index (χ0v) is 21.5. The molecular weight excluding hydrogens is 502 g/mol. The van der Waals surface area contributed by atoms with Crippen LogP contribution in [-0.2, 0) is 16.0 Å². The van der Waals surface area contributed by atoms with E-state index >= 15 is 0 Å². The van der Waals surface area contributed by atoms with Crippen molar-refractivity contribution in [3.05, 3.63) is 58.6 Å².